The Bertz CT molecular complexity index is 862. The molecule has 0 aliphatic carbocycles. The fourth-order valence-corrected chi connectivity index (χ4v) is 2.06. The molecule has 0 aliphatic rings. The van der Waals surface area contributed by atoms with Crippen LogP contribution in [0.2, 0.25) is 0 Å². The number of halogens is 2. The summed E-state index contributed by atoms with van der Waals surface area (Å²) in [5.41, 5.74) is -0.487. The number of aromatic nitrogens is 6. The molecule has 1 radical (unpaired) electrons. The normalized spacial score (nSPS) is 10.7. The van der Waals surface area contributed by atoms with Crippen molar-refractivity contribution in [1.29, 1.82) is 0 Å². The third-order valence-corrected chi connectivity index (χ3v) is 3.18. The fraction of sp³-hybridized carbons (Fsp3) is 0.231. The van der Waals surface area contributed by atoms with E-state index in [1.54, 1.807) is 0 Å². The van der Waals surface area contributed by atoms with Gasteiger partial charge in [-0.1, -0.05) is 12.1 Å². The van der Waals surface area contributed by atoms with Crippen molar-refractivity contribution in [3.8, 4) is 11.6 Å². The fourth-order valence-electron chi connectivity index (χ4n) is 2.06. The van der Waals surface area contributed by atoms with Gasteiger partial charge in [0.05, 0.1) is 5.69 Å². The van der Waals surface area contributed by atoms with Gasteiger partial charge in [-0.15, -0.1) is 0 Å². The van der Waals surface area contributed by atoms with E-state index in [1.807, 2.05) is 0 Å². The molecule has 0 bridgehead atoms. The Labute approximate surface area is 159 Å². The molecule has 123 valence electrons. The molecule has 1 aromatic carbocycles. The average Bonchev–Trinajstić information content (AvgIpc) is 3.16. The molecular weight excluding hydrogens is 399 g/mol. The molecule has 3 aromatic rings. The molecule has 0 saturated heterocycles. The van der Waals surface area contributed by atoms with Crippen LogP contribution in [0.15, 0.2) is 35.3 Å². The first-order chi connectivity index (χ1) is 11.1. The number of hydrogen-bond donors (Lipinski definition) is 0. The number of aryl methyl sites for hydroxylation is 1. The topological polar surface area (TPSA) is 88.9 Å². The van der Waals surface area contributed by atoms with Crippen LogP contribution in [0.25, 0.3) is 5.69 Å². The minimum atomic E-state index is -2.73. The Balaban J connectivity index is 0.00000208. The number of nitrogens with zero attached hydrogens (tertiary/aromatic N) is 6. The standard InChI is InChI=1S/C13H11F2N6O2.Y/c1-20-13(22)21(19-18-20)10-4-2-3-8(12(14)15)9(10)7-23-11-5-6-16-17-11;/h2-6,12H,7H2,1H3;/q-1;. The van der Waals surface area contributed by atoms with Crippen LogP contribution in [0.5, 0.6) is 5.88 Å². The Morgan fingerprint density at radius 1 is 1.29 bits per heavy atom. The Kier molecular flexibility index (Phi) is 5.95. The van der Waals surface area contributed by atoms with Crippen molar-refractivity contribution in [2.24, 2.45) is 7.05 Å². The van der Waals surface area contributed by atoms with Crippen molar-refractivity contribution in [3.05, 3.63) is 52.1 Å². The van der Waals surface area contributed by atoms with Gasteiger partial charge in [0.2, 0.25) is 0 Å². The Morgan fingerprint density at radius 2 is 2.08 bits per heavy atom. The predicted molar refractivity (Wildman–Crippen MR) is 73.4 cm³/mol. The van der Waals surface area contributed by atoms with Gasteiger partial charge >= 0.3 is 5.69 Å². The third kappa shape index (κ3) is 3.59. The molecule has 0 unspecified atom stereocenters. The van der Waals surface area contributed by atoms with E-state index >= 15 is 0 Å². The van der Waals surface area contributed by atoms with Crippen molar-refractivity contribution >= 4 is 0 Å². The molecule has 3 rings (SSSR count). The molecule has 2 heterocycles. The van der Waals surface area contributed by atoms with E-state index in [2.05, 4.69) is 20.6 Å². The van der Waals surface area contributed by atoms with E-state index < -0.39 is 12.1 Å². The minimum Gasteiger partial charge on any atom is -0.579 e. The zero-order chi connectivity index (χ0) is 16.4. The Morgan fingerprint density at radius 3 is 2.67 bits per heavy atom. The molecule has 8 nitrogen and oxygen atoms in total. The summed E-state index contributed by atoms with van der Waals surface area (Å²) in [6.45, 7) is -0.211. The van der Waals surface area contributed by atoms with Gasteiger partial charge in [0.1, 0.15) is 6.61 Å². The second-order valence-electron chi connectivity index (χ2n) is 4.60. The van der Waals surface area contributed by atoms with Crippen LogP contribution in [-0.4, -0.2) is 24.9 Å². The second-order valence-corrected chi connectivity index (χ2v) is 4.60. The molecule has 11 heteroatoms. The van der Waals surface area contributed by atoms with E-state index in [1.165, 1.54) is 37.5 Å². The van der Waals surface area contributed by atoms with Crippen LogP contribution in [-0.2, 0) is 46.4 Å². The van der Waals surface area contributed by atoms with Crippen molar-refractivity contribution < 1.29 is 46.2 Å². The van der Waals surface area contributed by atoms with Crippen LogP contribution in [0, 0.1) is 0 Å². The first kappa shape index (κ1) is 18.4. The van der Waals surface area contributed by atoms with Gasteiger partial charge in [-0.25, -0.2) is 13.6 Å². The van der Waals surface area contributed by atoms with Crippen LogP contribution in [0.1, 0.15) is 17.6 Å². The predicted octanol–water partition coefficient (Wildman–Crippen LogP) is 0.832. The van der Waals surface area contributed by atoms with Gasteiger partial charge in [-0.2, -0.15) is 15.6 Å². The number of alkyl halides is 2. The zero-order valence-electron chi connectivity index (χ0n) is 12.5. The SMILES string of the molecule is Cn1nnn(-c2cccc(C(F)F)c2COc2cc[n-]n2)c1=O.[Y]. The molecule has 24 heavy (non-hydrogen) atoms. The number of hydrogen-bond acceptors (Lipinski definition) is 5. The number of benzene rings is 1. The first-order valence-electron chi connectivity index (χ1n) is 6.54. The van der Waals surface area contributed by atoms with Crippen LogP contribution < -0.4 is 15.5 Å². The number of tetrazole rings is 1. The summed E-state index contributed by atoms with van der Waals surface area (Å²) in [6, 6.07) is 5.69. The summed E-state index contributed by atoms with van der Waals surface area (Å²) in [7, 11) is 1.42. The second kappa shape index (κ2) is 7.76. The molecule has 0 atom stereocenters. The molecule has 0 N–H and O–H groups in total. The molecular formula is C13H11F2N6O2Y-. The van der Waals surface area contributed by atoms with E-state index in [4.69, 9.17) is 4.74 Å². The van der Waals surface area contributed by atoms with E-state index in [-0.39, 0.29) is 62.0 Å². The van der Waals surface area contributed by atoms with Crippen molar-refractivity contribution in [3.63, 3.8) is 0 Å². The summed E-state index contributed by atoms with van der Waals surface area (Å²) in [5.74, 6) is 0.200. The van der Waals surface area contributed by atoms with Gasteiger partial charge < -0.3 is 14.9 Å². The maximum Gasteiger partial charge on any atom is 0.368 e. The van der Waals surface area contributed by atoms with Gasteiger partial charge in [-0.05, 0) is 22.6 Å². The molecule has 0 fully saturated rings. The molecule has 0 spiro atoms. The molecule has 0 amide bonds. The molecule has 2 aromatic heterocycles. The third-order valence-electron chi connectivity index (χ3n) is 3.18. The molecule has 0 aliphatic heterocycles. The summed E-state index contributed by atoms with van der Waals surface area (Å²) < 4.78 is 33.9. The van der Waals surface area contributed by atoms with Gasteiger partial charge in [-0.3, -0.25) is 0 Å². The summed E-state index contributed by atoms with van der Waals surface area (Å²) in [4.78, 5) is 12.0. The van der Waals surface area contributed by atoms with Gasteiger partial charge in [0.15, 0.2) is 5.88 Å². The molecule has 0 saturated carbocycles. The summed E-state index contributed by atoms with van der Waals surface area (Å²) in [5, 5.41) is 14.5. The largest absolute Gasteiger partial charge is 0.579 e. The van der Waals surface area contributed by atoms with E-state index in [9.17, 15) is 13.6 Å². The maximum absolute atomic E-state index is 13.3. The summed E-state index contributed by atoms with van der Waals surface area (Å²) >= 11 is 0. The van der Waals surface area contributed by atoms with Crippen molar-refractivity contribution in [1.82, 2.24) is 30.0 Å². The minimum absolute atomic E-state index is 0. The zero-order valence-corrected chi connectivity index (χ0v) is 15.3. The van der Waals surface area contributed by atoms with Crippen LogP contribution >= 0.6 is 0 Å². The van der Waals surface area contributed by atoms with Crippen molar-refractivity contribution in [2.45, 2.75) is 13.0 Å². The van der Waals surface area contributed by atoms with Crippen LogP contribution in [0.3, 0.4) is 0 Å². The first-order valence-corrected chi connectivity index (χ1v) is 6.54. The quantitative estimate of drug-likeness (QED) is 0.620. The summed E-state index contributed by atoms with van der Waals surface area (Å²) in [6.07, 6.45) is -1.31. The van der Waals surface area contributed by atoms with Gasteiger partial charge in [0.25, 0.3) is 6.43 Å². The van der Waals surface area contributed by atoms with Gasteiger partial charge in [0, 0.05) is 50.9 Å². The average molecular weight is 410 g/mol. The number of rotatable bonds is 5. The van der Waals surface area contributed by atoms with E-state index in [0.717, 1.165) is 9.36 Å². The van der Waals surface area contributed by atoms with Crippen molar-refractivity contribution in [2.75, 3.05) is 0 Å². The van der Waals surface area contributed by atoms with E-state index in [0.29, 0.717) is 0 Å². The maximum atomic E-state index is 13.3. The monoisotopic (exact) mass is 410 g/mol. The number of ether oxygens (including phenoxy) is 1. The Hall–Kier alpha value is -1.94. The smallest absolute Gasteiger partial charge is 0.368 e. The van der Waals surface area contributed by atoms with Crippen LogP contribution in [0.4, 0.5) is 8.78 Å².